The molecule has 0 saturated carbocycles. The first kappa shape index (κ1) is 33.3. The van der Waals surface area contributed by atoms with Crippen molar-refractivity contribution in [3.63, 3.8) is 0 Å². The number of ether oxygens (including phenoxy) is 1. The number of hydrogen-bond acceptors (Lipinski definition) is 15. The number of carbonyl (C=O) groups excluding carboxylic acids is 2. The highest BCUT2D eigenvalue weighted by Crippen LogP contribution is 2.15. The highest BCUT2D eigenvalue weighted by molar-refractivity contribution is 5.97. The molecule has 0 aliphatic heterocycles. The van der Waals surface area contributed by atoms with E-state index >= 15 is 0 Å². The number of esters is 1. The van der Waals surface area contributed by atoms with Crippen LogP contribution in [0.15, 0.2) is 35.3 Å². The first-order chi connectivity index (χ1) is 20.8. The molecule has 0 fully saturated rings. The number of anilines is 2. The molecule has 2 heterocycles. The number of nitrogens with zero attached hydrogens (tertiary/aromatic N) is 3. The van der Waals surface area contributed by atoms with Crippen molar-refractivity contribution in [2.45, 2.75) is 49.8 Å². The van der Waals surface area contributed by atoms with Crippen LogP contribution in [0.3, 0.4) is 0 Å². The van der Waals surface area contributed by atoms with Gasteiger partial charge in [-0.05, 0) is 30.7 Å². The van der Waals surface area contributed by atoms with Gasteiger partial charge in [-0.15, -0.1) is 0 Å². The SMILES string of the molecule is Nc1nc2ncc(CNc3ccc(C(=O)NC(CCC(=O)O)C(=O)O[C@@H](C(=O)O)[C@@H](O)[C@H](O)[C@H](O)CO)cc3)nc2c(=O)[nH]1. The van der Waals surface area contributed by atoms with E-state index in [1.165, 1.54) is 30.5 Å². The number of carboxylic acids is 2. The van der Waals surface area contributed by atoms with Crippen molar-refractivity contribution >= 4 is 46.6 Å². The Morgan fingerprint density at radius 1 is 1.02 bits per heavy atom. The lowest BCUT2D eigenvalue weighted by Crippen LogP contribution is -2.52. The average Bonchev–Trinajstić information content (AvgIpc) is 2.99. The monoisotopic (exact) mass is 619 g/mol. The van der Waals surface area contributed by atoms with Crippen LogP contribution in [0.25, 0.3) is 11.2 Å². The summed E-state index contributed by atoms with van der Waals surface area (Å²) in [5, 5.41) is 61.9. The molecule has 11 N–H and O–H groups in total. The second kappa shape index (κ2) is 14.8. The summed E-state index contributed by atoms with van der Waals surface area (Å²) >= 11 is 0. The summed E-state index contributed by atoms with van der Waals surface area (Å²) < 4.78 is 4.75. The van der Waals surface area contributed by atoms with Gasteiger partial charge in [0.15, 0.2) is 11.2 Å². The van der Waals surface area contributed by atoms with Crippen LogP contribution in [0.4, 0.5) is 11.6 Å². The van der Waals surface area contributed by atoms with Crippen LogP contribution in [0, 0.1) is 0 Å². The van der Waals surface area contributed by atoms with Gasteiger partial charge in [0.25, 0.3) is 11.5 Å². The van der Waals surface area contributed by atoms with Crippen molar-refractivity contribution in [1.82, 2.24) is 25.3 Å². The molecule has 19 nitrogen and oxygen atoms in total. The third-order valence-electron chi connectivity index (χ3n) is 6.07. The van der Waals surface area contributed by atoms with Crippen molar-refractivity contribution < 1.29 is 54.6 Å². The predicted molar refractivity (Wildman–Crippen MR) is 147 cm³/mol. The molecule has 3 rings (SSSR count). The minimum Gasteiger partial charge on any atom is -0.481 e. The smallest absolute Gasteiger partial charge is 0.347 e. The number of aliphatic carboxylic acids is 2. The Hall–Kier alpha value is -5.24. The van der Waals surface area contributed by atoms with Gasteiger partial charge in [0.1, 0.15) is 24.4 Å². The lowest BCUT2D eigenvalue weighted by Gasteiger charge is -2.27. The van der Waals surface area contributed by atoms with Gasteiger partial charge >= 0.3 is 17.9 Å². The summed E-state index contributed by atoms with van der Waals surface area (Å²) in [6.45, 7) is -0.918. The number of aliphatic hydroxyl groups excluding tert-OH is 4. The number of nitrogens with one attached hydrogen (secondary N) is 3. The zero-order valence-electron chi connectivity index (χ0n) is 22.7. The van der Waals surface area contributed by atoms with Gasteiger partial charge in [-0.1, -0.05) is 0 Å². The molecule has 0 bridgehead atoms. The predicted octanol–water partition coefficient (Wildman–Crippen LogP) is -3.06. The molecule has 5 atom stereocenters. The highest BCUT2D eigenvalue weighted by Gasteiger charge is 2.40. The van der Waals surface area contributed by atoms with Crippen LogP contribution in [-0.2, 0) is 25.7 Å². The summed E-state index contributed by atoms with van der Waals surface area (Å²) in [5.41, 5.74) is 5.90. The number of H-pyrrole nitrogens is 1. The summed E-state index contributed by atoms with van der Waals surface area (Å²) in [5.74, 6) is -5.68. The van der Waals surface area contributed by atoms with Gasteiger partial charge in [0.05, 0.1) is 25.0 Å². The van der Waals surface area contributed by atoms with Crippen LogP contribution < -0.4 is 21.9 Å². The van der Waals surface area contributed by atoms with Crippen molar-refractivity contribution in [1.29, 1.82) is 0 Å². The van der Waals surface area contributed by atoms with Crippen LogP contribution in [0.2, 0.25) is 0 Å². The molecule has 44 heavy (non-hydrogen) atoms. The van der Waals surface area contributed by atoms with Crippen LogP contribution in [-0.4, -0.2) is 111 Å². The summed E-state index contributed by atoms with van der Waals surface area (Å²) in [6, 6.07) is 4.01. The first-order valence-electron chi connectivity index (χ1n) is 12.8. The standard InChI is InChI=1S/C25H29N7O12/c26-25-31-20-16(22(40)32-25)29-12(8-28-20)7-27-11-3-1-10(2-4-11)21(39)30-13(5-6-15(35)36)24(43)44-19(23(41)42)18(38)17(37)14(34)9-33/h1-4,8,13-14,17-19,27,33-34,37-38H,5-7,9H2,(H,30,39)(H,35,36)(H,41,42)(H3,26,28,31,32,40)/t13?,14-,17-,18+,19-/m1/s1. The van der Waals surface area contributed by atoms with Crippen molar-refractivity contribution in [3.8, 4) is 0 Å². The molecular formula is C25H29N7O12. The number of nitrogens with two attached hydrogens (primary N) is 1. The van der Waals surface area contributed by atoms with Gasteiger partial charge in [-0.3, -0.25) is 19.4 Å². The third-order valence-corrected chi connectivity index (χ3v) is 6.07. The molecule has 0 radical (unpaired) electrons. The van der Waals surface area contributed by atoms with E-state index in [0.717, 1.165) is 0 Å². The molecule has 1 unspecified atom stereocenters. The second-order valence-electron chi connectivity index (χ2n) is 9.30. The number of benzene rings is 1. The number of aromatic amines is 1. The first-order valence-corrected chi connectivity index (χ1v) is 12.8. The van der Waals surface area contributed by atoms with Gasteiger partial charge in [0, 0.05) is 17.7 Å². The largest absolute Gasteiger partial charge is 0.481 e. The Bertz CT molecular complexity index is 1570. The topological polar surface area (TPSA) is 320 Å². The van der Waals surface area contributed by atoms with Crippen molar-refractivity contribution in [2.24, 2.45) is 0 Å². The van der Waals surface area contributed by atoms with E-state index < -0.39 is 79.3 Å². The Morgan fingerprint density at radius 2 is 1.70 bits per heavy atom. The van der Waals surface area contributed by atoms with E-state index in [-0.39, 0.29) is 29.2 Å². The molecule has 0 aliphatic rings. The molecule has 1 aromatic carbocycles. The fourth-order valence-corrected chi connectivity index (χ4v) is 3.73. The lowest BCUT2D eigenvalue weighted by molar-refractivity contribution is -0.183. The normalized spacial score (nSPS) is 14.5. The van der Waals surface area contributed by atoms with E-state index in [9.17, 15) is 44.4 Å². The number of carbonyl (C=O) groups is 4. The minimum absolute atomic E-state index is 0.00962. The molecule has 0 aliphatic carbocycles. The fraction of sp³-hybridized carbons (Fsp3) is 0.360. The molecule has 3 aromatic rings. The van der Waals surface area contributed by atoms with E-state index in [0.29, 0.717) is 11.4 Å². The van der Waals surface area contributed by atoms with Crippen LogP contribution in [0.5, 0.6) is 0 Å². The van der Waals surface area contributed by atoms with E-state index in [1.54, 1.807) is 0 Å². The van der Waals surface area contributed by atoms with Gasteiger partial charge in [0.2, 0.25) is 12.1 Å². The molecule has 236 valence electrons. The zero-order valence-corrected chi connectivity index (χ0v) is 22.7. The maximum Gasteiger partial charge on any atom is 0.347 e. The Kier molecular flexibility index (Phi) is 11.2. The van der Waals surface area contributed by atoms with Crippen molar-refractivity contribution in [3.05, 3.63) is 52.1 Å². The van der Waals surface area contributed by atoms with Crippen LogP contribution in [0.1, 0.15) is 28.9 Å². The Labute approximate surface area is 246 Å². The Morgan fingerprint density at radius 3 is 2.32 bits per heavy atom. The number of aliphatic hydroxyl groups is 4. The molecule has 19 heteroatoms. The summed E-state index contributed by atoms with van der Waals surface area (Å²) in [4.78, 5) is 74.8. The summed E-state index contributed by atoms with van der Waals surface area (Å²) in [6.07, 6.45) is -8.78. The number of nitrogen functional groups attached to an aromatic ring is 1. The highest BCUT2D eigenvalue weighted by atomic mass is 16.6. The maximum absolute atomic E-state index is 12.8. The van der Waals surface area contributed by atoms with E-state index in [2.05, 4.69) is 30.6 Å². The van der Waals surface area contributed by atoms with E-state index in [1.807, 2.05) is 0 Å². The Balaban J connectivity index is 1.68. The number of rotatable bonds is 15. The number of aromatic nitrogens is 4. The molecule has 0 saturated heterocycles. The number of carboxylic acid groups (broad SMARTS) is 2. The van der Waals surface area contributed by atoms with Gasteiger partial charge in [-0.2, -0.15) is 4.98 Å². The molecule has 1 amide bonds. The third kappa shape index (κ3) is 8.64. The number of fused-ring (bicyclic) bond motifs is 1. The lowest BCUT2D eigenvalue weighted by atomic mass is 10.0. The van der Waals surface area contributed by atoms with Crippen LogP contribution >= 0.6 is 0 Å². The quantitative estimate of drug-likeness (QED) is 0.0755. The fourth-order valence-electron chi connectivity index (χ4n) is 3.73. The van der Waals surface area contributed by atoms with Gasteiger partial charge < -0.3 is 51.7 Å². The second-order valence-corrected chi connectivity index (χ2v) is 9.30. The number of hydrogen-bond donors (Lipinski definition) is 10. The van der Waals surface area contributed by atoms with Crippen molar-refractivity contribution in [2.75, 3.05) is 17.7 Å². The maximum atomic E-state index is 12.8. The average molecular weight is 620 g/mol. The van der Waals surface area contributed by atoms with Gasteiger partial charge in [-0.25, -0.2) is 19.6 Å². The zero-order chi connectivity index (χ0) is 32.6. The number of amides is 1. The molecule has 0 spiro atoms. The molecular weight excluding hydrogens is 590 g/mol. The minimum atomic E-state index is -2.44. The summed E-state index contributed by atoms with van der Waals surface area (Å²) in [7, 11) is 0. The van der Waals surface area contributed by atoms with E-state index in [4.69, 9.17) is 20.7 Å². The molecule has 2 aromatic heterocycles.